The Morgan fingerprint density at radius 2 is 1.67 bits per heavy atom. The fourth-order valence-corrected chi connectivity index (χ4v) is 2.86. The van der Waals surface area contributed by atoms with Gasteiger partial charge in [-0.15, -0.1) is 24.8 Å². The maximum Gasteiger partial charge on any atom is 0.271 e. The van der Waals surface area contributed by atoms with E-state index < -0.39 is 4.92 Å². The van der Waals surface area contributed by atoms with Gasteiger partial charge in [-0.25, -0.2) is 0 Å². The summed E-state index contributed by atoms with van der Waals surface area (Å²) in [5.41, 5.74) is 1.83. The molecule has 0 spiro atoms. The monoisotopic (exact) mass is 412 g/mol. The van der Waals surface area contributed by atoms with E-state index in [0.717, 1.165) is 11.4 Å². The lowest BCUT2D eigenvalue weighted by Crippen LogP contribution is -2.50. The largest absolute Gasteiger partial charge is 0.376 e. The molecule has 0 unspecified atom stereocenters. The number of nitrogens with one attached hydrogen (secondary N) is 1. The number of halogens is 2. The van der Waals surface area contributed by atoms with Crippen LogP contribution in [0.25, 0.3) is 0 Å². The molecule has 7 nitrogen and oxygen atoms in total. The summed E-state index contributed by atoms with van der Waals surface area (Å²) in [6.07, 6.45) is 0. The minimum atomic E-state index is -0.390. The van der Waals surface area contributed by atoms with Crippen molar-refractivity contribution in [3.05, 3.63) is 64.7 Å². The van der Waals surface area contributed by atoms with Gasteiger partial charge < -0.3 is 15.1 Å². The first-order valence-corrected chi connectivity index (χ1v) is 8.19. The van der Waals surface area contributed by atoms with Crippen LogP contribution in [0, 0.1) is 10.1 Å². The molecule has 1 N–H and O–H groups in total. The molecular formula is C18H22Cl2N4O3. The van der Waals surface area contributed by atoms with Crippen LogP contribution in [-0.4, -0.2) is 48.5 Å². The van der Waals surface area contributed by atoms with Crippen LogP contribution < -0.4 is 10.2 Å². The maximum atomic E-state index is 12.3. The fraction of sp³-hybridized carbons (Fsp3) is 0.278. The van der Waals surface area contributed by atoms with Gasteiger partial charge in [0, 0.05) is 49.7 Å². The van der Waals surface area contributed by atoms with Crippen molar-refractivity contribution in [2.45, 2.75) is 0 Å². The summed E-state index contributed by atoms with van der Waals surface area (Å²) in [4.78, 5) is 26.7. The SMILES string of the molecule is Cl.Cl.O=C(CNc1ccccc1)N1CCN(c2cccc([N+](=O)[O-])c2)CC1. The van der Waals surface area contributed by atoms with Gasteiger partial charge in [-0.3, -0.25) is 14.9 Å². The number of nitrogens with zero attached hydrogens (tertiary/aromatic N) is 3. The number of non-ortho nitro benzene ring substituents is 1. The lowest BCUT2D eigenvalue weighted by Gasteiger charge is -2.36. The third-order valence-electron chi connectivity index (χ3n) is 4.26. The predicted molar refractivity (Wildman–Crippen MR) is 111 cm³/mol. The highest BCUT2D eigenvalue weighted by molar-refractivity contribution is 5.85. The van der Waals surface area contributed by atoms with Crippen molar-refractivity contribution in [1.82, 2.24) is 4.90 Å². The van der Waals surface area contributed by atoms with E-state index in [2.05, 4.69) is 10.2 Å². The van der Waals surface area contributed by atoms with Gasteiger partial charge in [-0.1, -0.05) is 24.3 Å². The lowest BCUT2D eigenvalue weighted by molar-refractivity contribution is -0.384. The van der Waals surface area contributed by atoms with E-state index in [1.807, 2.05) is 41.3 Å². The van der Waals surface area contributed by atoms with Crippen LogP contribution in [-0.2, 0) is 4.79 Å². The number of anilines is 2. The number of rotatable bonds is 5. The molecule has 0 atom stereocenters. The molecule has 3 rings (SSSR count). The summed E-state index contributed by atoms with van der Waals surface area (Å²) in [5.74, 6) is 0.0579. The first-order chi connectivity index (χ1) is 12.1. The molecular weight excluding hydrogens is 391 g/mol. The predicted octanol–water partition coefficient (Wildman–Crippen LogP) is 3.20. The molecule has 0 saturated carbocycles. The van der Waals surface area contributed by atoms with Gasteiger partial charge in [-0.2, -0.15) is 0 Å². The second-order valence-corrected chi connectivity index (χ2v) is 5.86. The molecule has 27 heavy (non-hydrogen) atoms. The van der Waals surface area contributed by atoms with Crippen molar-refractivity contribution in [1.29, 1.82) is 0 Å². The van der Waals surface area contributed by atoms with E-state index in [1.54, 1.807) is 12.1 Å². The van der Waals surface area contributed by atoms with Crippen molar-refractivity contribution in [3.8, 4) is 0 Å². The number of piperazine rings is 1. The van der Waals surface area contributed by atoms with Gasteiger partial charge in [-0.05, 0) is 18.2 Å². The number of carbonyl (C=O) groups is 1. The Labute approximate surface area is 170 Å². The molecule has 2 aromatic carbocycles. The molecule has 0 bridgehead atoms. The van der Waals surface area contributed by atoms with Gasteiger partial charge >= 0.3 is 0 Å². The zero-order chi connectivity index (χ0) is 17.6. The van der Waals surface area contributed by atoms with Gasteiger partial charge in [0.1, 0.15) is 0 Å². The first-order valence-electron chi connectivity index (χ1n) is 8.19. The Morgan fingerprint density at radius 1 is 1.00 bits per heavy atom. The summed E-state index contributed by atoms with van der Waals surface area (Å²) in [7, 11) is 0. The van der Waals surface area contributed by atoms with E-state index in [4.69, 9.17) is 0 Å². The molecule has 9 heteroatoms. The Kier molecular flexibility index (Phi) is 8.84. The number of benzene rings is 2. The highest BCUT2D eigenvalue weighted by atomic mass is 35.5. The first kappa shape index (κ1) is 22.5. The van der Waals surface area contributed by atoms with Gasteiger partial charge in [0.25, 0.3) is 5.69 Å². The minimum Gasteiger partial charge on any atom is -0.376 e. The van der Waals surface area contributed by atoms with Crippen LogP contribution in [0.4, 0.5) is 17.1 Å². The number of para-hydroxylation sites is 1. The molecule has 1 heterocycles. The van der Waals surface area contributed by atoms with Crippen molar-refractivity contribution >= 4 is 47.8 Å². The van der Waals surface area contributed by atoms with Crippen LogP contribution in [0.3, 0.4) is 0 Å². The highest BCUT2D eigenvalue weighted by Gasteiger charge is 2.21. The van der Waals surface area contributed by atoms with Gasteiger partial charge in [0.15, 0.2) is 0 Å². The summed E-state index contributed by atoms with van der Waals surface area (Å²) in [6, 6.07) is 16.2. The van der Waals surface area contributed by atoms with E-state index >= 15 is 0 Å². The summed E-state index contributed by atoms with van der Waals surface area (Å²) in [6.45, 7) is 2.81. The average Bonchev–Trinajstić information content (AvgIpc) is 2.67. The molecule has 1 saturated heterocycles. The van der Waals surface area contributed by atoms with Crippen molar-refractivity contribution in [3.63, 3.8) is 0 Å². The topological polar surface area (TPSA) is 78.7 Å². The van der Waals surface area contributed by atoms with Crippen molar-refractivity contribution in [2.75, 3.05) is 42.9 Å². The number of nitro groups is 1. The number of carbonyl (C=O) groups excluding carboxylic acids is 1. The Hall–Kier alpha value is -2.51. The van der Waals surface area contributed by atoms with E-state index in [0.29, 0.717) is 26.2 Å². The van der Waals surface area contributed by atoms with Crippen LogP contribution >= 0.6 is 24.8 Å². The van der Waals surface area contributed by atoms with Crippen LogP contribution in [0.5, 0.6) is 0 Å². The molecule has 1 fully saturated rings. The number of nitro benzene ring substituents is 1. The van der Waals surface area contributed by atoms with Gasteiger partial charge in [0.05, 0.1) is 11.5 Å². The molecule has 0 radical (unpaired) electrons. The summed E-state index contributed by atoms with van der Waals surface area (Å²) >= 11 is 0. The molecule has 2 aromatic rings. The zero-order valence-corrected chi connectivity index (χ0v) is 16.2. The quantitative estimate of drug-likeness (QED) is 0.602. The standard InChI is InChI=1S/C18H20N4O3.2ClH/c23-18(14-19-15-5-2-1-3-6-15)21-11-9-20(10-12-21)16-7-4-8-17(13-16)22(24)25;;/h1-8,13,19H,9-12,14H2;2*1H. The summed E-state index contributed by atoms with van der Waals surface area (Å²) < 4.78 is 0. The normalized spacial score (nSPS) is 13.2. The van der Waals surface area contributed by atoms with Crippen LogP contribution in [0.2, 0.25) is 0 Å². The van der Waals surface area contributed by atoms with E-state index in [1.165, 1.54) is 6.07 Å². The molecule has 0 aromatic heterocycles. The number of amides is 1. The maximum absolute atomic E-state index is 12.3. The minimum absolute atomic E-state index is 0. The third-order valence-corrected chi connectivity index (χ3v) is 4.26. The van der Waals surface area contributed by atoms with Crippen molar-refractivity contribution in [2.24, 2.45) is 0 Å². The third kappa shape index (κ3) is 6.01. The number of hydrogen-bond donors (Lipinski definition) is 1. The van der Waals surface area contributed by atoms with E-state index in [-0.39, 0.29) is 43.0 Å². The zero-order valence-electron chi connectivity index (χ0n) is 14.6. The molecule has 146 valence electrons. The lowest BCUT2D eigenvalue weighted by atomic mass is 10.2. The Balaban J connectivity index is 0.00000182. The molecule has 0 aliphatic carbocycles. The number of hydrogen-bond acceptors (Lipinski definition) is 5. The Bertz CT molecular complexity index is 753. The van der Waals surface area contributed by atoms with Gasteiger partial charge in [0.2, 0.25) is 5.91 Å². The molecule has 1 aliphatic rings. The second-order valence-electron chi connectivity index (χ2n) is 5.86. The average molecular weight is 413 g/mol. The smallest absolute Gasteiger partial charge is 0.271 e. The van der Waals surface area contributed by atoms with E-state index in [9.17, 15) is 14.9 Å². The van der Waals surface area contributed by atoms with Crippen LogP contribution in [0.15, 0.2) is 54.6 Å². The fourth-order valence-electron chi connectivity index (χ4n) is 2.86. The molecule has 1 amide bonds. The highest BCUT2D eigenvalue weighted by Crippen LogP contribution is 2.22. The van der Waals surface area contributed by atoms with Crippen molar-refractivity contribution < 1.29 is 9.72 Å². The molecule has 1 aliphatic heterocycles. The second kappa shape index (κ2) is 10.6. The Morgan fingerprint density at radius 3 is 2.30 bits per heavy atom. The summed E-state index contributed by atoms with van der Waals surface area (Å²) in [5, 5.41) is 14.0. The van der Waals surface area contributed by atoms with Crippen LogP contribution in [0.1, 0.15) is 0 Å².